The lowest BCUT2D eigenvalue weighted by Gasteiger charge is -2.21. The lowest BCUT2D eigenvalue weighted by Crippen LogP contribution is -2.33. The number of hydrogen-bond donors (Lipinski definition) is 0. The number of carbonyl (C=O) groups excluding carboxylic acids is 1. The molecule has 2 aromatic rings. The van der Waals surface area contributed by atoms with Crippen LogP contribution in [0.3, 0.4) is 0 Å². The van der Waals surface area contributed by atoms with Gasteiger partial charge in [0.05, 0.1) is 19.9 Å². The second kappa shape index (κ2) is 7.78. The lowest BCUT2D eigenvalue weighted by atomic mass is 10.2. The summed E-state index contributed by atoms with van der Waals surface area (Å²) in [4.78, 5) is 15.3. The van der Waals surface area contributed by atoms with E-state index < -0.39 is 16.0 Å². The SMILES string of the molecule is COC(=O)CCN(Cc1ccccc1)S(=O)(=O)c1ncn(C)c1Cl. The van der Waals surface area contributed by atoms with Crippen molar-refractivity contribution in [2.75, 3.05) is 13.7 Å². The Morgan fingerprint density at radius 1 is 1.33 bits per heavy atom. The standard InChI is InChI=1S/C15H18ClN3O4S/c1-18-11-17-15(14(18)16)24(21,22)19(9-8-13(20)23-2)10-12-6-4-3-5-7-12/h3-7,11H,8-10H2,1-2H3. The number of imidazole rings is 1. The van der Waals surface area contributed by atoms with Gasteiger partial charge in [-0.3, -0.25) is 4.79 Å². The van der Waals surface area contributed by atoms with Crippen LogP contribution in [0, 0.1) is 0 Å². The van der Waals surface area contributed by atoms with E-state index in [9.17, 15) is 13.2 Å². The van der Waals surface area contributed by atoms with Gasteiger partial charge >= 0.3 is 5.97 Å². The molecule has 2 rings (SSSR count). The van der Waals surface area contributed by atoms with Crippen molar-refractivity contribution in [3.8, 4) is 0 Å². The Kier molecular flexibility index (Phi) is 5.98. The zero-order valence-corrected chi connectivity index (χ0v) is 14.9. The Hall–Kier alpha value is -1.90. The summed E-state index contributed by atoms with van der Waals surface area (Å²) in [5.74, 6) is -0.490. The van der Waals surface area contributed by atoms with Crippen LogP contribution in [0.2, 0.25) is 5.15 Å². The van der Waals surface area contributed by atoms with E-state index in [0.717, 1.165) is 5.56 Å². The molecule has 0 aliphatic heterocycles. The van der Waals surface area contributed by atoms with Crippen LogP contribution in [0.4, 0.5) is 0 Å². The maximum absolute atomic E-state index is 12.9. The first-order valence-electron chi connectivity index (χ1n) is 7.14. The van der Waals surface area contributed by atoms with Gasteiger partial charge in [-0.2, -0.15) is 4.31 Å². The zero-order valence-electron chi connectivity index (χ0n) is 13.3. The molecule has 0 unspecified atom stereocenters. The van der Waals surface area contributed by atoms with Crippen molar-refractivity contribution in [1.29, 1.82) is 0 Å². The molecule has 7 nitrogen and oxygen atoms in total. The fourth-order valence-corrected chi connectivity index (χ4v) is 3.90. The number of halogens is 1. The van der Waals surface area contributed by atoms with Crippen molar-refractivity contribution in [2.24, 2.45) is 7.05 Å². The van der Waals surface area contributed by atoms with Crippen LogP contribution >= 0.6 is 11.6 Å². The van der Waals surface area contributed by atoms with Gasteiger partial charge in [-0.05, 0) is 5.56 Å². The number of aromatic nitrogens is 2. The highest BCUT2D eigenvalue weighted by atomic mass is 35.5. The van der Waals surface area contributed by atoms with Crippen molar-refractivity contribution >= 4 is 27.6 Å². The number of hydrogen-bond acceptors (Lipinski definition) is 5. The van der Waals surface area contributed by atoms with Crippen LogP contribution in [0.15, 0.2) is 41.7 Å². The minimum atomic E-state index is -3.95. The minimum absolute atomic E-state index is 0.0196. The highest BCUT2D eigenvalue weighted by molar-refractivity contribution is 7.89. The predicted molar refractivity (Wildman–Crippen MR) is 88.9 cm³/mol. The molecule has 0 spiro atoms. The van der Waals surface area contributed by atoms with Crippen LogP contribution in [0.5, 0.6) is 0 Å². The summed E-state index contributed by atoms with van der Waals surface area (Å²) in [5, 5.41) is -0.210. The molecule has 0 saturated heterocycles. The first-order valence-corrected chi connectivity index (χ1v) is 8.95. The summed E-state index contributed by atoms with van der Waals surface area (Å²) in [6.45, 7) is 0.0733. The van der Waals surface area contributed by atoms with Gasteiger partial charge in [-0.15, -0.1) is 0 Å². The lowest BCUT2D eigenvalue weighted by molar-refractivity contribution is -0.140. The highest BCUT2D eigenvalue weighted by Gasteiger charge is 2.30. The summed E-state index contributed by atoms with van der Waals surface area (Å²) < 4.78 is 32.9. The van der Waals surface area contributed by atoms with E-state index in [1.165, 1.54) is 22.3 Å². The number of nitrogens with zero attached hydrogens (tertiary/aromatic N) is 3. The molecule has 0 radical (unpaired) electrons. The smallest absolute Gasteiger partial charge is 0.306 e. The van der Waals surface area contributed by atoms with Gasteiger partial charge in [0, 0.05) is 20.1 Å². The van der Waals surface area contributed by atoms with Gasteiger partial charge < -0.3 is 9.30 Å². The van der Waals surface area contributed by atoms with E-state index in [1.54, 1.807) is 19.2 Å². The third-order valence-corrected chi connectivity index (χ3v) is 5.75. The van der Waals surface area contributed by atoms with Crippen LogP contribution in [0.25, 0.3) is 0 Å². The Labute approximate surface area is 145 Å². The topological polar surface area (TPSA) is 81.5 Å². The third-order valence-electron chi connectivity index (χ3n) is 3.41. The summed E-state index contributed by atoms with van der Waals surface area (Å²) in [6.07, 6.45) is 1.27. The van der Waals surface area contributed by atoms with Crippen molar-refractivity contribution in [3.05, 3.63) is 47.4 Å². The fraction of sp³-hybridized carbons (Fsp3) is 0.333. The molecule has 0 aliphatic carbocycles. The van der Waals surface area contributed by atoms with Crippen molar-refractivity contribution in [2.45, 2.75) is 18.0 Å². The number of ether oxygens (including phenoxy) is 1. The quantitative estimate of drug-likeness (QED) is 0.693. The molecule has 0 amide bonds. The van der Waals surface area contributed by atoms with Crippen LogP contribution in [-0.4, -0.2) is 41.9 Å². The Morgan fingerprint density at radius 3 is 2.54 bits per heavy atom. The number of sulfonamides is 1. The molecule has 0 N–H and O–H groups in total. The average Bonchev–Trinajstić information content (AvgIpc) is 2.91. The molecule has 0 saturated carbocycles. The van der Waals surface area contributed by atoms with E-state index in [0.29, 0.717) is 0 Å². The van der Waals surface area contributed by atoms with Crippen molar-refractivity contribution in [1.82, 2.24) is 13.9 Å². The number of carbonyl (C=O) groups is 1. The molecule has 1 aromatic heterocycles. The fourth-order valence-electron chi connectivity index (χ4n) is 2.08. The molecule has 1 heterocycles. The molecule has 1 aromatic carbocycles. The Bertz CT molecular complexity index is 805. The largest absolute Gasteiger partial charge is 0.469 e. The molecular formula is C15H18ClN3O4S. The van der Waals surface area contributed by atoms with E-state index in [4.69, 9.17) is 11.6 Å². The van der Waals surface area contributed by atoms with Crippen LogP contribution in [-0.2, 0) is 33.1 Å². The molecule has 130 valence electrons. The zero-order chi connectivity index (χ0) is 17.7. The molecule has 24 heavy (non-hydrogen) atoms. The number of rotatable bonds is 7. The van der Waals surface area contributed by atoms with Crippen LogP contribution in [0.1, 0.15) is 12.0 Å². The molecule has 0 bridgehead atoms. The molecule has 9 heteroatoms. The number of methoxy groups -OCH3 is 1. The number of benzene rings is 1. The van der Waals surface area contributed by atoms with E-state index in [2.05, 4.69) is 9.72 Å². The molecule has 0 fully saturated rings. The monoisotopic (exact) mass is 371 g/mol. The van der Waals surface area contributed by atoms with Gasteiger partial charge in [0.2, 0.25) is 5.03 Å². The first-order chi connectivity index (χ1) is 11.4. The first kappa shape index (κ1) is 18.4. The number of esters is 1. The van der Waals surface area contributed by atoms with Gasteiger partial charge in [0.25, 0.3) is 10.0 Å². The molecule has 0 aliphatic rings. The van der Waals surface area contributed by atoms with E-state index in [-0.39, 0.29) is 29.7 Å². The van der Waals surface area contributed by atoms with Gasteiger partial charge in [0.1, 0.15) is 5.15 Å². The Morgan fingerprint density at radius 2 is 2.00 bits per heavy atom. The normalized spacial score (nSPS) is 11.7. The van der Waals surface area contributed by atoms with Gasteiger partial charge in [-0.1, -0.05) is 41.9 Å². The molecular weight excluding hydrogens is 354 g/mol. The maximum atomic E-state index is 12.9. The maximum Gasteiger partial charge on any atom is 0.306 e. The Balaban J connectivity index is 2.33. The van der Waals surface area contributed by atoms with E-state index in [1.807, 2.05) is 18.2 Å². The minimum Gasteiger partial charge on any atom is -0.469 e. The van der Waals surface area contributed by atoms with Crippen molar-refractivity contribution in [3.63, 3.8) is 0 Å². The predicted octanol–water partition coefficient (Wildman–Crippen LogP) is 1.83. The summed E-state index contributed by atoms with van der Waals surface area (Å²) in [5.41, 5.74) is 0.790. The van der Waals surface area contributed by atoms with Crippen molar-refractivity contribution < 1.29 is 17.9 Å². The van der Waals surface area contributed by atoms with Crippen LogP contribution < -0.4 is 0 Å². The average molecular weight is 372 g/mol. The van der Waals surface area contributed by atoms with Gasteiger partial charge in [0.15, 0.2) is 0 Å². The second-order valence-electron chi connectivity index (χ2n) is 5.10. The number of aryl methyl sites for hydroxylation is 1. The summed E-state index contributed by atoms with van der Waals surface area (Å²) in [7, 11) is -1.09. The highest BCUT2D eigenvalue weighted by Crippen LogP contribution is 2.24. The van der Waals surface area contributed by atoms with Gasteiger partial charge in [-0.25, -0.2) is 13.4 Å². The second-order valence-corrected chi connectivity index (χ2v) is 7.31. The summed E-state index contributed by atoms with van der Waals surface area (Å²) >= 11 is 6.03. The third kappa shape index (κ3) is 4.14. The molecule has 0 atom stereocenters. The summed E-state index contributed by atoms with van der Waals surface area (Å²) in [6, 6.07) is 9.08. The van der Waals surface area contributed by atoms with E-state index >= 15 is 0 Å².